The van der Waals surface area contributed by atoms with Gasteiger partial charge < -0.3 is 10.5 Å². The van der Waals surface area contributed by atoms with Crippen molar-refractivity contribution >= 4 is 11.6 Å². The van der Waals surface area contributed by atoms with Crippen molar-refractivity contribution in [1.29, 1.82) is 0 Å². The van der Waals surface area contributed by atoms with Gasteiger partial charge in [-0.25, -0.2) is 0 Å². The van der Waals surface area contributed by atoms with Crippen molar-refractivity contribution in [2.75, 3.05) is 6.54 Å². The molecule has 0 heterocycles. The number of benzene rings is 1. The van der Waals surface area contributed by atoms with E-state index in [-0.39, 0.29) is 6.10 Å². The van der Waals surface area contributed by atoms with E-state index >= 15 is 0 Å². The van der Waals surface area contributed by atoms with Gasteiger partial charge >= 0.3 is 0 Å². The first kappa shape index (κ1) is 14.3. The van der Waals surface area contributed by atoms with Gasteiger partial charge in [0.05, 0.1) is 6.10 Å². The van der Waals surface area contributed by atoms with E-state index in [4.69, 9.17) is 22.1 Å². The van der Waals surface area contributed by atoms with E-state index in [9.17, 15) is 0 Å². The summed E-state index contributed by atoms with van der Waals surface area (Å²) in [6.07, 6.45) is 2.05. The predicted molar refractivity (Wildman–Crippen MR) is 74.1 cm³/mol. The predicted octanol–water partition coefficient (Wildman–Crippen LogP) is 3.64. The topological polar surface area (TPSA) is 35.2 Å². The first-order chi connectivity index (χ1) is 7.97. The summed E-state index contributed by atoms with van der Waals surface area (Å²) in [6.45, 7) is 8.81. The Morgan fingerprint density at radius 3 is 2.53 bits per heavy atom. The molecule has 0 aromatic heterocycles. The molecule has 1 rings (SSSR count). The Hall–Kier alpha value is -0.730. The maximum absolute atomic E-state index is 6.28. The second kappa shape index (κ2) is 6.27. The van der Waals surface area contributed by atoms with Crippen LogP contribution < -0.4 is 10.5 Å². The number of ether oxygens (including phenoxy) is 1. The van der Waals surface area contributed by atoms with E-state index < -0.39 is 0 Å². The smallest absolute Gasteiger partial charge is 0.123 e. The molecular formula is C14H22ClNO. The zero-order valence-electron chi connectivity index (χ0n) is 11.1. The third kappa shape index (κ3) is 3.62. The SMILES string of the molecule is Cc1cc(OC(C)C)c(CCCN)c(C)c1Cl. The summed E-state index contributed by atoms with van der Waals surface area (Å²) in [5.74, 6) is 0.952. The van der Waals surface area contributed by atoms with Crippen molar-refractivity contribution in [1.82, 2.24) is 0 Å². The number of hydrogen-bond acceptors (Lipinski definition) is 2. The molecule has 2 nitrogen and oxygen atoms in total. The molecule has 0 saturated heterocycles. The number of nitrogens with two attached hydrogens (primary N) is 1. The summed E-state index contributed by atoms with van der Waals surface area (Å²) in [7, 11) is 0. The summed E-state index contributed by atoms with van der Waals surface area (Å²) in [5.41, 5.74) is 8.95. The molecule has 1 aromatic carbocycles. The molecule has 0 spiro atoms. The lowest BCUT2D eigenvalue weighted by molar-refractivity contribution is 0.239. The quantitative estimate of drug-likeness (QED) is 0.872. The second-order valence-electron chi connectivity index (χ2n) is 4.67. The minimum absolute atomic E-state index is 0.173. The molecule has 0 bridgehead atoms. The van der Waals surface area contributed by atoms with Gasteiger partial charge in [-0.05, 0) is 69.8 Å². The average molecular weight is 256 g/mol. The van der Waals surface area contributed by atoms with Crippen molar-refractivity contribution in [2.45, 2.75) is 46.6 Å². The van der Waals surface area contributed by atoms with Crippen LogP contribution in [0.3, 0.4) is 0 Å². The largest absolute Gasteiger partial charge is 0.491 e. The van der Waals surface area contributed by atoms with Crippen molar-refractivity contribution in [3.05, 3.63) is 27.8 Å². The van der Waals surface area contributed by atoms with Crippen LogP contribution in [-0.4, -0.2) is 12.6 Å². The standard InChI is InChI=1S/C14H22ClNO/c1-9(2)17-13-8-10(3)14(15)11(4)12(13)6-5-7-16/h8-9H,5-7,16H2,1-4H3. The highest BCUT2D eigenvalue weighted by molar-refractivity contribution is 6.32. The molecule has 0 atom stereocenters. The van der Waals surface area contributed by atoms with Gasteiger partial charge in [0, 0.05) is 5.02 Å². The summed E-state index contributed by atoms with van der Waals surface area (Å²) in [4.78, 5) is 0. The Labute approximate surface area is 109 Å². The third-order valence-electron chi connectivity index (χ3n) is 2.77. The Morgan fingerprint density at radius 2 is 2.00 bits per heavy atom. The van der Waals surface area contributed by atoms with Crippen LogP contribution in [0.15, 0.2) is 6.07 Å². The van der Waals surface area contributed by atoms with E-state index in [0.29, 0.717) is 6.54 Å². The van der Waals surface area contributed by atoms with E-state index in [1.165, 1.54) is 5.56 Å². The monoisotopic (exact) mass is 255 g/mol. The fraction of sp³-hybridized carbons (Fsp3) is 0.571. The Morgan fingerprint density at radius 1 is 1.35 bits per heavy atom. The Kier molecular flexibility index (Phi) is 5.29. The van der Waals surface area contributed by atoms with E-state index in [0.717, 1.165) is 34.7 Å². The van der Waals surface area contributed by atoms with Gasteiger partial charge in [-0.15, -0.1) is 0 Å². The molecule has 0 unspecified atom stereocenters. The normalized spacial score (nSPS) is 11.0. The van der Waals surface area contributed by atoms with E-state index in [1.807, 2.05) is 33.8 Å². The minimum atomic E-state index is 0.173. The molecule has 0 radical (unpaired) electrons. The highest BCUT2D eigenvalue weighted by atomic mass is 35.5. The van der Waals surface area contributed by atoms with E-state index in [2.05, 4.69) is 0 Å². The van der Waals surface area contributed by atoms with Gasteiger partial charge in [-0.1, -0.05) is 11.6 Å². The Balaban J connectivity index is 3.15. The molecule has 0 aliphatic heterocycles. The molecule has 0 aliphatic carbocycles. The molecule has 0 fully saturated rings. The molecule has 17 heavy (non-hydrogen) atoms. The van der Waals surface area contributed by atoms with Crippen LogP contribution in [0.1, 0.15) is 37.0 Å². The van der Waals surface area contributed by atoms with Crippen molar-refractivity contribution in [3.63, 3.8) is 0 Å². The van der Waals surface area contributed by atoms with Crippen LogP contribution in [-0.2, 0) is 6.42 Å². The lowest BCUT2D eigenvalue weighted by atomic mass is 10.00. The number of rotatable bonds is 5. The van der Waals surface area contributed by atoms with Crippen molar-refractivity contribution in [2.24, 2.45) is 5.73 Å². The number of aryl methyl sites for hydroxylation is 1. The van der Waals surface area contributed by atoms with Crippen LogP contribution >= 0.6 is 11.6 Å². The Bertz CT molecular complexity index is 388. The van der Waals surface area contributed by atoms with Gasteiger partial charge in [-0.3, -0.25) is 0 Å². The highest BCUT2D eigenvalue weighted by Gasteiger charge is 2.13. The van der Waals surface area contributed by atoms with Gasteiger partial charge in [0.1, 0.15) is 5.75 Å². The second-order valence-corrected chi connectivity index (χ2v) is 5.05. The number of halogens is 1. The van der Waals surface area contributed by atoms with Gasteiger partial charge in [0.25, 0.3) is 0 Å². The van der Waals surface area contributed by atoms with Crippen LogP contribution in [0.25, 0.3) is 0 Å². The summed E-state index contributed by atoms with van der Waals surface area (Å²) in [6, 6.07) is 2.03. The van der Waals surface area contributed by atoms with Crippen LogP contribution in [0.4, 0.5) is 0 Å². The first-order valence-electron chi connectivity index (χ1n) is 6.12. The zero-order valence-corrected chi connectivity index (χ0v) is 11.9. The van der Waals surface area contributed by atoms with Crippen molar-refractivity contribution < 1.29 is 4.74 Å². The fourth-order valence-corrected chi connectivity index (χ4v) is 2.08. The molecule has 1 aromatic rings. The third-order valence-corrected chi connectivity index (χ3v) is 3.35. The molecule has 2 N–H and O–H groups in total. The summed E-state index contributed by atoms with van der Waals surface area (Å²) >= 11 is 6.28. The minimum Gasteiger partial charge on any atom is -0.491 e. The van der Waals surface area contributed by atoms with E-state index in [1.54, 1.807) is 0 Å². The molecule has 0 amide bonds. The maximum Gasteiger partial charge on any atom is 0.123 e. The lowest BCUT2D eigenvalue weighted by Crippen LogP contribution is -2.10. The molecule has 0 saturated carbocycles. The summed E-state index contributed by atoms with van der Waals surface area (Å²) < 4.78 is 5.86. The molecule has 3 heteroatoms. The van der Waals surface area contributed by atoms with Crippen LogP contribution in [0, 0.1) is 13.8 Å². The highest BCUT2D eigenvalue weighted by Crippen LogP contribution is 2.33. The molecular weight excluding hydrogens is 234 g/mol. The molecule has 0 aliphatic rings. The average Bonchev–Trinajstić information content (AvgIpc) is 2.25. The summed E-state index contributed by atoms with van der Waals surface area (Å²) in [5, 5.41) is 0.841. The van der Waals surface area contributed by atoms with Gasteiger partial charge in [0.2, 0.25) is 0 Å². The van der Waals surface area contributed by atoms with Crippen LogP contribution in [0.5, 0.6) is 5.75 Å². The zero-order chi connectivity index (χ0) is 13.0. The van der Waals surface area contributed by atoms with Crippen molar-refractivity contribution in [3.8, 4) is 5.75 Å². The fourth-order valence-electron chi connectivity index (χ4n) is 1.91. The van der Waals surface area contributed by atoms with Gasteiger partial charge in [-0.2, -0.15) is 0 Å². The first-order valence-corrected chi connectivity index (χ1v) is 6.50. The van der Waals surface area contributed by atoms with Crippen LogP contribution in [0.2, 0.25) is 5.02 Å². The molecule has 96 valence electrons. The lowest BCUT2D eigenvalue weighted by Gasteiger charge is -2.18. The van der Waals surface area contributed by atoms with Gasteiger partial charge in [0.15, 0.2) is 0 Å². The maximum atomic E-state index is 6.28. The number of hydrogen-bond donors (Lipinski definition) is 1.